The summed E-state index contributed by atoms with van der Waals surface area (Å²) in [4.78, 5) is 23.0. The Bertz CT molecular complexity index is 719. The number of amides is 1. The van der Waals surface area contributed by atoms with Crippen molar-refractivity contribution in [2.45, 2.75) is 4.90 Å². The lowest BCUT2D eigenvalue weighted by molar-refractivity contribution is -0.385. The molecule has 1 aromatic rings. The molecule has 0 unspecified atom stereocenters. The van der Waals surface area contributed by atoms with Gasteiger partial charge < -0.3 is 15.7 Å². The molecule has 1 amide bonds. The summed E-state index contributed by atoms with van der Waals surface area (Å²) in [6.45, 7) is -0.249. The number of nitrogens with zero attached hydrogens (tertiary/aromatic N) is 3. The maximum atomic E-state index is 12.8. The number of benzene rings is 1. The van der Waals surface area contributed by atoms with Gasteiger partial charge in [-0.25, -0.2) is 8.42 Å². The normalized spacial score (nSPS) is 11.9. The second kappa shape index (κ2) is 8.15. The molecule has 11 heteroatoms. The van der Waals surface area contributed by atoms with E-state index < -0.39 is 43.6 Å². The molecule has 0 bridgehead atoms. The zero-order valence-electron chi connectivity index (χ0n) is 13.4. The van der Waals surface area contributed by atoms with E-state index in [4.69, 9.17) is 10.8 Å². The van der Waals surface area contributed by atoms with Crippen LogP contribution >= 0.6 is 0 Å². The lowest BCUT2D eigenvalue weighted by atomic mass is 10.2. The van der Waals surface area contributed by atoms with E-state index in [1.165, 1.54) is 6.07 Å². The maximum absolute atomic E-state index is 12.8. The molecular formula is C13H20N4O6S. The maximum Gasteiger partial charge on any atom is 0.283 e. The van der Waals surface area contributed by atoms with Crippen molar-refractivity contribution in [2.75, 3.05) is 40.3 Å². The predicted molar refractivity (Wildman–Crippen MR) is 86.0 cm³/mol. The highest BCUT2D eigenvalue weighted by Crippen LogP contribution is 2.27. The standard InChI is InChI=1S/C13H20N4O6S/c1-15(2)6-7-16(8-9-18)24(22,23)11-5-3-4-10(17(20)21)12(11)13(14)19/h3-5,18H,6-9H2,1-2H3,(H2,14,19). The van der Waals surface area contributed by atoms with Gasteiger partial charge in [0.1, 0.15) is 10.5 Å². The second-order valence-electron chi connectivity index (χ2n) is 5.20. The summed E-state index contributed by atoms with van der Waals surface area (Å²) in [5.74, 6) is -1.21. The first kappa shape index (κ1) is 20.0. The summed E-state index contributed by atoms with van der Waals surface area (Å²) in [6, 6.07) is 3.26. The molecule has 3 N–H and O–H groups in total. The number of rotatable bonds is 9. The summed E-state index contributed by atoms with van der Waals surface area (Å²) in [5, 5.41) is 20.2. The van der Waals surface area contributed by atoms with Crippen LogP contribution in [-0.2, 0) is 10.0 Å². The number of carbonyl (C=O) groups excluding carboxylic acids is 1. The Morgan fingerprint density at radius 3 is 2.38 bits per heavy atom. The van der Waals surface area contributed by atoms with Crippen molar-refractivity contribution in [3.05, 3.63) is 33.9 Å². The van der Waals surface area contributed by atoms with Crippen molar-refractivity contribution in [2.24, 2.45) is 5.73 Å². The molecule has 0 aromatic heterocycles. The van der Waals surface area contributed by atoms with E-state index in [-0.39, 0.29) is 13.1 Å². The molecule has 0 aliphatic carbocycles. The predicted octanol–water partition coefficient (Wildman–Crippen LogP) is -0.762. The number of aliphatic hydroxyl groups is 1. The summed E-state index contributed by atoms with van der Waals surface area (Å²) in [6.07, 6.45) is 0. The number of sulfonamides is 1. The number of hydrogen-bond donors (Lipinski definition) is 2. The van der Waals surface area contributed by atoms with Crippen molar-refractivity contribution in [1.82, 2.24) is 9.21 Å². The minimum absolute atomic E-state index is 0.0385. The highest BCUT2D eigenvalue weighted by Gasteiger charge is 2.33. The van der Waals surface area contributed by atoms with Gasteiger partial charge in [-0.1, -0.05) is 6.07 Å². The number of aliphatic hydroxyl groups excluding tert-OH is 1. The number of nitro benzene ring substituents is 1. The molecular weight excluding hydrogens is 340 g/mol. The molecule has 0 heterocycles. The number of carbonyl (C=O) groups is 1. The van der Waals surface area contributed by atoms with Gasteiger partial charge in [0.25, 0.3) is 11.6 Å². The molecule has 0 spiro atoms. The van der Waals surface area contributed by atoms with Crippen LogP contribution in [0.4, 0.5) is 5.69 Å². The highest BCUT2D eigenvalue weighted by molar-refractivity contribution is 7.89. The Labute approximate surface area is 139 Å². The van der Waals surface area contributed by atoms with Crippen LogP contribution < -0.4 is 5.73 Å². The van der Waals surface area contributed by atoms with E-state index in [1.54, 1.807) is 19.0 Å². The lowest BCUT2D eigenvalue weighted by Crippen LogP contribution is -2.39. The molecule has 0 aliphatic rings. The van der Waals surface area contributed by atoms with Crippen LogP contribution in [-0.4, -0.2) is 73.9 Å². The van der Waals surface area contributed by atoms with E-state index >= 15 is 0 Å². The SMILES string of the molecule is CN(C)CCN(CCO)S(=O)(=O)c1cccc([N+](=O)[O-])c1C(N)=O. The molecule has 134 valence electrons. The van der Waals surface area contributed by atoms with E-state index in [9.17, 15) is 23.3 Å². The fraction of sp³-hybridized carbons (Fsp3) is 0.462. The molecule has 0 saturated heterocycles. The third-order valence-corrected chi connectivity index (χ3v) is 5.15. The Kier molecular flexibility index (Phi) is 6.78. The number of nitrogens with two attached hydrogens (primary N) is 1. The molecule has 0 radical (unpaired) electrons. The van der Waals surface area contributed by atoms with Gasteiger partial charge in [-0.15, -0.1) is 0 Å². The van der Waals surface area contributed by atoms with Gasteiger partial charge >= 0.3 is 0 Å². The largest absolute Gasteiger partial charge is 0.395 e. The number of nitro groups is 1. The average Bonchev–Trinajstić information content (AvgIpc) is 2.49. The Morgan fingerprint density at radius 1 is 1.29 bits per heavy atom. The van der Waals surface area contributed by atoms with Gasteiger partial charge in [0.15, 0.2) is 0 Å². The van der Waals surface area contributed by atoms with Crippen molar-refractivity contribution >= 4 is 21.6 Å². The van der Waals surface area contributed by atoms with Crippen molar-refractivity contribution in [3.63, 3.8) is 0 Å². The van der Waals surface area contributed by atoms with Crippen LogP contribution in [0.2, 0.25) is 0 Å². The Balaban J connectivity index is 3.47. The van der Waals surface area contributed by atoms with Crippen LogP contribution in [0.15, 0.2) is 23.1 Å². The average molecular weight is 360 g/mol. The number of hydrogen-bond acceptors (Lipinski definition) is 7. The van der Waals surface area contributed by atoms with Gasteiger partial charge in [0.05, 0.1) is 11.5 Å². The fourth-order valence-electron chi connectivity index (χ4n) is 2.05. The summed E-state index contributed by atoms with van der Waals surface area (Å²) in [7, 11) is -0.765. The summed E-state index contributed by atoms with van der Waals surface area (Å²) < 4.78 is 26.6. The first-order valence-corrected chi connectivity index (χ1v) is 8.40. The van der Waals surface area contributed by atoms with Gasteiger partial charge in [0.2, 0.25) is 10.0 Å². The smallest absolute Gasteiger partial charge is 0.283 e. The Hall–Kier alpha value is -2.08. The summed E-state index contributed by atoms with van der Waals surface area (Å²) >= 11 is 0. The van der Waals surface area contributed by atoms with Gasteiger partial charge in [-0.05, 0) is 20.2 Å². The molecule has 24 heavy (non-hydrogen) atoms. The van der Waals surface area contributed by atoms with Gasteiger partial charge in [0, 0.05) is 25.7 Å². The number of likely N-dealkylation sites (N-methyl/N-ethyl adjacent to an activating group) is 1. The molecule has 0 saturated carbocycles. The fourth-order valence-corrected chi connectivity index (χ4v) is 3.68. The summed E-state index contributed by atoms with van der Waals surface area (Å²) in [5.41, 5.74) is 3.81. The van der Waals surface area contributed by atoms with Crippen molar-refractivity contribution in [3.8, 4) is 0 Å². The quantitative estimate of drug-likeness (QED) is 0.434. The van der Waals surface area contributed by atoms with Crippen LogP contribution in [0.25, 0.3) is 0 Å². The second-order valence-corrected chi connectivity index (χ2v) is 7.11. The molecule has 1 aromatic carbocycles. The van der Waals surface area contributed by atoms with E-state index in [2.05, 4.69) is 0 Å². The molecule has 1 rings (SSSR count). The van der Waals surface area contributed by atoms with Crippen LogP contribution in [0.1, 0.15) is 10.4 Å². The van der Waals surface area contributed by atoms with Gasteiger partial charge in [-0.3, -0.25) is 14.9 Å². The first-order chi connectivity index (χ1) is 11.1. The lowest BCUT2D eigenvalue weighted by Gasteiger charge is -2.23. The van der Waals surface area contributed by atoms with E-state index in [1.807, 2.05) is 0 Å². The van der Waals surface area contributed by atoms with Crippen LogP contribution in [0.5, 0.6) is 0 Å². The van der Waals surface area contributed by atoms with E-state index in [0.717, 1.165) is 16.4 Å². The monoisotopic (exact) mass is 360 g/mol. The first-order valence-electron chi connectivity index (χ1n) is 6.95. The molecule has 0 atom stereocenters. The minimum atomic E-state index is -4.25. The minimum Gasteiger partial charge on any atom is -0.395 e. The Morgan fingerprint density at radius 2 is 1.92 bits per heavy atom. The number of primary amides is 1. The highest BCUT2D eigenvalue weighted by atomic mass is 32.2. The van der Waals surface area contributed by atoms with Crippen molar-refractivity contribution in [1.29, 1.82) is 0 Å². The van der Waals surface area contributed by atoms with E-state index in [0.29, 0.717) is 6.54 Å². The van der Waals surface area contributed by atoms with Gasteiger partial charge in [-0.2, -0.15) is 4.31 Å². The van der Waals surface area contributed by atoms with Crippen molar-refractivity contribution < 1.29 is 23.2 Å². The molecule has 10 nitrogen and oxygen atoms in total. The molecule has 0 fully saturated rings. The van der Waals surface area contributed by atoms with Crippen LogP contribution in [0.3, 0.4) is 0 Å². The molecule has 0 aliphatic heterocycles. The topological polar surface area (TPSA) is 147 Å². The third-order valence-electron chi connectivity index (χ3n) is 3.21. The zero-order chi connectivity index (χ0) is 18.5. The van der Waals surface area contributed by atoms with Crippen LogP contribution in [0, 0.1) is 10.1 Å². The third kappa shape index (κ3) is 4.47. The zero-order valence-corrected chi connectivity index (χ0v) is 14.2.